The zero-order chi connectivity index (χ0) is 16.4. The molecule has 1 heterocycles. The van der Waals surface area contributed by atoms with Crippen LogP contribution < -0.4 is 11.1 Å². The summed E-state index contributed by atoms with van der Waals surface area (Å²) in [5.74, 6) is -0.0353. The fraction of sp³-hybridized carbons (Fsp3) is 0.111. The van der Waals surface area contributed by atoms with Crippen molar-refractivity contribution in [2.75, 3.05) is 0 Å². The summed E-state index contributed by atoms with van der Waals surface area (Å²) in [7, 11) is 0. The van der Waals surface area contributed by atoms with E-state index < -0.39 is 0 Å². The minimum atomic E-state index is -0.0353. The smallest absolute Gasteiger partial charge is 0.217 e. The number of rotatable bonds is 4. The molecule has 1 amide bonds. The lowest BCUT2D eigenvalue weighted by atomic mass is 10.0. The first-order valence-corrected chi connectivity index (χ1v) is 7.70. The lowest BCUT2D eigenvalue weighted by Crippen LogP contribution is -2.18. The van der Waals surface area contributed by atoms with Crippen molar-refractivity contribution in [2.24, 2.45) is 5.73 Å². The molecule has 0 aliphatic rings. The van der Waals surface area contributed by atoms with Gasteiger partial charge in [0.05, 0.1) is 0 Å². The molecule has 0 unspecified atom stereocenters. The van der Waals surface area contributed by atoms with E-state index in [0.717, 1.165) is 33.2 Å². The number of carbonyl (C=O) groups is 1. The van der Waals surface area contributed by atoms with Gasteiger partial charge >= 0.3 is 0 Å². The Hall–Kier alpha value is -2.66. The highest BCUT2D eigenvalue weighted by atomic mass is 32.1. The molecular weight excluding hydrogens is 306 g/mol. The van der Waals surface area contributed by atoms with Gasteiger partial charge in [-0.2, -0.15) is 0 Å². The van der Waals surface area contributed by atoms with E-state index in [1.165, 1.54) is 6.92 Å². The molecule has 0 aliphatic heterocycles. The summed E-state index contributed by atoms with van der Waals surface area (Å²) >= 11 is 5.05. The van der Waals surface area contributed by atoms with Gasteiger partial charge in [0.1, 0.15) is 4.99 Å². The number of fused-ring (bicyclic) bond motifs is 1. The van der Waals surface area contributed by atoms with Gasteiger partial charge in [0, 0.05) is 41.7 Å². The maximum atomic E-state index is 11.0. The van der Waals surface area contributed by atoms with Crippen LogP contribution in [0.15, 0.2) is 48.7 Å². The van der Waals surface area contributed by atoms with Gasteiger partial charge in [0.25, 0.3) is 0 Å². The number of carbonyl (C=O) groups excluding carboxylic acids is 1. The molecule has 23 heavy (non-hydrogen) atoms. The Morgan fingerprint density at radius 2 is 2.09 bits per heavy atom. The van der Waals surface area contributed by atoms with Crippen LogP contribution in [-0.2, 0) is 11.3 Å². The maximum absolute atomic E-state index is 11.0. The van der Waals surface area contributed by atoms with Crippen LogP contribution in [0, 0.1) is 0 Å². The van der Waals surface area contributed by atoms with E-state index in [9.17, 15) is 4.79 Å². The molecular formula is C18H17N3OS. The Balaban J connectivity index is 1.98. The molecule has 5 heteroatoms. The van der Waals surface area contributed by atoms with E-state index in [1.807, 2.05) is 42.6 Å². The van der Waals surface area contributed by atoms with Crippen molar-refractivity contribution in [1.82, 2.24) is 10.3 Å². The van der Waals surface area contributed by atoms with Crippen LogP contribution in [0.25, 0.3) is 22.0 Å². The molecule has 0 saturated carbocycles. The summed E-state index contributed by atoms with van der Waals surface area (Å²) in [6.07, 6.45) is 1.98. The van der Waals surface area contributed by atoms with Crippen LogP contribution in [0.1, 0.15) is 18.1 Å². The van der Waals surface area contributed by atoms with E-state index in [-0.39, 0.29) is 5.91 Å². The molecule has 0 radical (unpaired) electrons. The predicted octanol–water partition coefficient (Wildman–Crippen LogP) is 3.11. The van der Waals surface area contributed by atoms with Crippen molar-refractivity contribution >= 4 is 34.0 Å². The van der Waals surface area contributed by atoms with E-state index >= 15 is 0 Å². The van der Waals surface area contributed by atoms with Crippen molar-refractivity contribution in [3.8, 4) is 11.1 Å². The summed E-state index contributed by atoms with van der Waals surface area (Å²) in [5, 5.41) is 3.93. The van der Waals surface area contributed by atoms with Gasteiger partial charge in [-0.1, -0.05) is 42.5 Å². The Bertz CT molecular complexity index is 898. The van der Waals surface area contributed by atoms with E-state index in [0.29, 0.717) is 11.5 Å². The first-order chi connectivity index (χ1) is 11.0. The molecule has 116 valence electrons. The van der Waals surface area contributed by atoms with Crippen LogP contribution in [0.3, 0.4) is 0 Å². The first-order valence-electron chi connectivity index (χ1n) is 7.29. The number of hydrogen-bond acceptors (Lipinski definition) is 2. The molecule has 3 rings (SSSR count). The summed E-state index contributed by atoms with van der Waals surface area (Å²) in [4.78, 5) is 14.7. The van der Waals surface area contributed by atoms with Crippen LogP contribution in [0.2, 0.25) is 0 Å². The number of amides is 1. The van der Waals surface area contributed by atoms with Gasteiger partial charge in [0.15, 0.2) is 0 Å². The highest BCUT2D eigenvalue weighted by molar-refractivity contribution is 7.80. The van der Waals surface area contributed by atoms with Gasteiger partial charge in [-0.05, 0) is 23.3 Å². The maximum Gasteiger partial charge on any atom is 0.217 e. The van der Waals surface area contributed by atoms with Gasteiger partial charge in [-0.25, -0.2) is 0 Å². The summed E-state index contributed by atoms with van der Waals surface area (Å²) < 4.78 is 0. The standard InChI is InChI=1S/C18H17N3OS/c1-11(22)20-9-12-5-6-15-16(10-21-17(15)7-12)13-3-2-4-14(8-13)18(19)23/h2-8,10,21H,9H2,1H3,(H2,19,23)(H,20,22). The predicted molar refractivity (Wildman–Crippen MR) is 97.1 cm³/mol. The monoisotopic (exact) mass is 323 g/mol. The zero-order valence-corrected chi connectivity index (χ0v) is 13.5. The number of hydrogen-bond donors (Lipinski definition) is 3. The molecule has 0 bridgehead atoms. The average Bonchev–Trinajstić information content (AvgIpc) is 2.96. The Labute approximate surface area is 139 Å². The van der Waals surface area contributed by atoms with E-state index in [1.54, 1.807) is 0 Å². The second-order valence-corrected chi connectivity index (χ2v) is 5.88. The van der Waals surface area contributed by atoms with Crippen molar-refractivity contribution in [2.45, 2.75) is 13.5 Å². The van der Waals surface area contributed by atoms with Gasteiger partial charge in [-0.15, -0.1) is 0 Å². The van der Waals surface area contributed by atoms with Gasteiger partial charge < -0.3 is 16.0 Å². The van der Waals surface area contributed by atoms with Crippen molar-refractivity contribution in [3.05, 3.63) is 59.8 Å². The largest absolute Gasteiger partial charge is 0.389 e. The lowest BCUT2D eigenvalue weighted by Gasteiger charge is -2.05. The number of H-pyrrole nitrogens is 1. The summed E-state index contributed by atoms with van der Waals surface area (Å²) in [6.45, 7) is 2.04. The number of nitrogens with two attached hydrogens (primary N) is 1. The SMILES string of the molecule is CC(=O)NCc1ccc2c(-c3cccc(C(N)=S)c3)c[nH]c2c1. The Morgan fingerprint density at radius 3 is 2.83 bits per heavy atom. The normalized spacial score (nSPS) is 10.7. The van der Waals surface area contributed by atoms with Crippen molar-refractivity contribution in [1.29, 1.82) is 0 Å². The molecule has 4 nitrogen and oxygen atoms in total. The molecule has 0 aliphatic carbocycles. The van der Waals surface area contributed by atoms with Crippen LogP contribution >= 0.6 is 12.2 Å². The molecule has 0 saturated heterocycles. The van der Waals surface area contributed by atoms with Gasteiger partial charge in [-0.3, -0.25) is 4.79 Å². The van der Waals surface area contributed by atoms with Crippen LogP contribution in [0.4, 0.5) is 0 Å². The number of benzene rings is 2. The quantitative estimate of drug-likeness (QED) is 0.646. The highest BCUT2D eigenvalue weighted by Gasteiger charge is 2.08. The van der Waals surface area contributed by atoms with Crippen LogP contribution in [0.5, 0.6) is 0 Å². The topological polar surface area (TPSA) is 70.9 Å². The minimum absolute atomic E-state index is 0.0353. The fourth-order valence-electron chi connectivity index (χ4n) is 2.59. The zero-order valence-electron chi connectivity index (χ0n) is 12.7. The second-order valence-electron chi connectivity index (χ2n) is 5.44. The Morgan fingerprint density at radius 1 is 1.26 bits per heavy atom. The highest BCUT2D eigenvalue weighted by Crippen LogP contribution is 2.29. The molecule has 2 aromatic carbocycles. The third-order valence-corrected chi connectivity index (χ3v) is 3.98. The first kappa shape index (κ1) is 15.2. The number of aromatic amines is 1. The average molecular weight is 323 g/mol. The minimum Gasteiger partial charge on any atom is -0.389 e. The molecule has 0 fully saturated rings. The van der Waals surface area contributed by atoms with E-state index in [2.05, 4.69) is 16.4 Å². The molecule has 4 N–H and O–H groups in total. The summed E-state index contributed by atoms with van der Waals surface area (Å²) in [5.41, 5.74) is 10.8. The molecule has 0 spiro atoms. The third kappa shape index (κ3) is 3.24. The summed E-state index contributed by atoms with van der Waals surface area (Å²) in [6, 6.07) is 14.0. The Kier molecular flexibility index (Phi) is 4.12. The number of thiocarbonyl (C=S) groups is 1. The number of aromatic nitrogens is 1. The van der Waals surface area contributed by atoms with Crippen molar-refractivity contribution in [3.63, 3.8) is 0 Å². The van der Waals surface area contributed by atoms with Crippen LogP contribution in [-0.4, -0.2) is 15.9 Å². The fourth-order valence-corrected chi connectivity index (χ4v) is 2.72. The molecule has 1 aromatic heterocycles. The number of nitrogens with one attached hydrogen (secondary N) is 2. The van der Waals surface area contributed by atoms with E-state index in [4.69, 9.17) is 18.0 Å². The lowest BCUT2D eigenvalue weighted by molar-refractivity contribution is -0.119. The molecule has 0 atom stereocenters. The second kappa shape index (κ2) is 6.22. The molecule has 3 aromatic rings. The third-order valence-electron chi connectivity index (χ3n) is 3.75. The van der Waals surface area contributed by atoms with Crippen molar-refractivity contribution < 1.29 is 4.79 Å². The van der Waals surface area contributed by atoms with Gasteiger partial charge in [0.2, 0.25) is 5.91 Å².